The second-order valence-electron chi connectivity index (χ2n) is 7.05. The van der Waals surface area contributed by atoms with E-state index in [9.17, 15) is 9.59 Å². The number of amides is 1. The summed E-state index contributed by atoms with van der Waals surface area (Å²) in [6.45, 7) is 5.86. The molecule has 27 heavy (non-hydrogen) atoms. The highest BCUT2D eigenvalue weighted by atomic mass is 79.9. The first kappa shape index (κ1) is 21.1. The molecule has 1 N–H and O–H groups in total. The Bertz CT molecular complexity index is 754. The number of carbonyl (C=O) groups is 2. The van der Waals surface area contributed by atoms with Gasteiger partial charge in [-0.1, -0.05) is 58.4 Å². The molecule has 0 heterocycles. The van der Waals surface area contributed by atoms with Crippen molar-refractivity contribution in [2.24, 2.45) is 0 Å². The van der Waals surface area contributed by atoms with Gasteiger partial charge in [-0.2, -0.15) is 0 Å². The Balaban J connectivity index is 2.03. The van der Waals surface area contributed by atoms with E-state index in [-0.39, 0.29) is 19.0 Å². The minimum Gasteiger partial charge on any atom is -0.445 e. The molecule has 0 fully saturated rings. The van der Waals surface area contributed by atoms with E-state index in [1.807, 2.05) is 51.1 Å². The van der Waals surface area contributed by atoms with Crippen molar-refractivity contribution in [1.29, 1.82) is 0 Å². The third kappa shape index (κ3) is 7.53. The van der Waals surface area contributed by atoms with Crippen LogP contribution in [0.1, 0.15) is 36.7 Å². The van der Waals surface area contributed by atoms with Gasteiger partial charge in [0.05, 0.1) is 12.2 Å². The summed E-state index contributed by atoms with van der Waals surface area (Å²) < 4.78 is 11.8. The van der Waals surface area contributed by atoms with E-state index in [0.29, 0.717) is 5.56 Å². The normalized spacial score (nSPS) is 12.3. The maximum atomic E-state index is 12.8. The van der Waals surface area contributed by atoms with E-state index in [2.05, 4.69) is 21.2 Å². The second-order valence-corrected chi connectivity index (χ2v) is 7.97. The fourth-order valence-corrected chi connectivity index (χ4v) is 2.50. The van der Waals surface area contributed by atoms with Gasteiger partial charge in [0.15, 0.2) is 5.78 Å². The molecule has 0 aromatic heterocycles. The third-order valence-corrected chi connectivity index (χ3v) is 4.16. The number of ether oxygens (including phenoxy) is 2. The van der Waals surface area contributed by atoms with Crippen molar-refractivity contribution in [2.45, 2.75) is 39.0 Å². The van der Waals surface area contributed by atoms with Crippen LogP contribution < -0.4 is 5.32 Å². The lowest BCUT2D eigenvalue weighted by Crippen LogP contribution is -2.45. The summed E-state index contributed by atoms with van der Waals surface area (Å²) in [5.74, 6) is -0.233. The smallest absolute Gasteiger partial charge is 0.408 e. The summed E-state index contributed by atoms with van der Waals surface area (Å²) in [6.07, 6.45) is -0.660. The predicted octanol–water partition coefficient (Wildman–Crippen LogP) is 4.74. The standard InChI is InChI=1S/C21H24BrNO4/c1-21(2,3)27-14-18(19(24)16-9-11-17(22)12-10-16)23-20(25)26-13-15-7-5-4-6-8-15/h4-12,18H,13-14H2,1-3H3,(H,23,25)/t18-/m0/s1. The zero-order valence-corrected chi connectivity index (χ0v) is 17.3. The average molecular weight is 434 g/mol. The largest absolute Gasteiger partial charge is 0.445 e. The van der Waals surface area contributed by atoms with Crippen molar-refractivity contribution in [3.8, 4) is 0 Å². The maximum absolute atomic E-state index is 12.8. The summed E-state index contributed by atoms with van der Waals surface area (Å²) in [6, 6.07) is 15.5. The minimum atomic E-state index is -0.839. The second kappa shape index (κ2) is 9.67. The van der Waals surface area contributed by atoms with Crippen LogP contribution in [0.4, 0.5) is 4.79 Å². The Hall–Kier alpha value is -2.18. The lowest BCUT2D eigenvalue weighted by Gasteiger charge is -2.24. The van der Waals surface area contributed by atoms with Crippen LogP contribution in [0.15, 0.2) is 59.1 Å². The van der Waals surface area contributed by atoms with E-state index in [1.165, 1.54) is 0 Å². The van der Waals surface area contributed by atoms with Gasteiger partial charge in [-0.05, 0) is 38.5 Å². The van der Waals surface area contributed by atoms with E-state index in [4.69, 9.17) is 9.47 Å². The molecule has 6 heteroatoms. The van der Waals surface area contributed by atoms with Crippen LogP contribution in [0.3, 0.4) is 0 Å². The molecule has 144 valence electrons. The topological polar surface area (TPSA) is 64.6 Å². The minimum absolute atomic E-state index is 0.0544. The van der Waals surface area contributed by atoms with Gasteiger partial charge in [0.2, 0.25) is 0 Å². The van der Waals surface area contributed by atoms with Gasteiger partial charge in [-0.3, -0.25) is 4.79 Å². The molecule has 0 aliphatic heterocycles. The van der Waals surface area contributed by atoms with Gasteiger partial charge in [0.1, 0.15) is 12.6 Å². The van der Waals surface area contributed by atoms with Crippen LogP contribution in [0.25, 0.3) is 0 Å². The van der Waals surface area contributed by atoms with Crippen molar-refractivity contribution in [3.05, 3.63) is 70.2 Å². The first-order chi connectivity index (χ1) is 12.7. The monoisotopic (exact) mass is 433 g/mol. The predicted molar refractivity (Wildman–Crippen MR) is 108 cm³/mol. The summed E-state index contributed by atoms with van der Waals surface area (Å²) in [7, 11) is 0. The molecule has 0 unspecified atom stereocenters. The van der Waals surface area contributed by atoms with Crippen molar-refractivity contribution in [1.82, 2.24) is 5.32 Å². The number of benzene rings is 2. The number of ketones is 1. The van der Waals surface area contributed by atoms with Crippen LogP contribution >= 0.6 is 15.9 Å². The molecule has 2 rings (SSSR count). The molecule has 0 spiro atoms. The zero-order chi connectivity index (χ0) is 19.9. The highest BCUT2D eigenvalue weighted by Crippen LogP contribution is 2.14. The van der Waals surface area contributed by atoms with Crippen molar-refractivity contribution in [2.75, 3.05) is 6.61 Å². The van der Waals surface area contributed by atoms with E-state index in [0.717, 1.165) is 10.0 Å². The molecule has 2 aromatic rings. The maximum Gasteiger partial charge on any atom is 0.408 e. The molecule has 0 saturated carbocycles. The number of alkyl carbamates (subject to hydrolysis) is 1. The number of halogens is 1. The molecular formula is C21H24BrNO4. The molecule has 1 atom stereocenters. The van der Waals surface area contributed by atoms with Crippen LogP contribution in [-0.2, 0) is 16.1 Å². The van der Waals surface area contributed by atoms with Gasteiger partial charge >= 0.3 is 6.09 Å². The van der Waals surface area contributed by atoms with Crippen LogP contribution in [0.5, 0.6) is 0 Å². The molecule has 2 aromatic carbocycles. The Morgan fingerprint density at radius 2 is 1.67 bits per heavy atom. The zero-order valence-electron chi connectivity index (χ0n) is 15.7. The molecule has 0 saturated heterocycles. The molecule has 0 radical (unpaired) electrons. The number of Topliss-reactive ketones (excluding diaryl/α,β-unsaturated/α-hetero) is 1. The molecule has 0 aliphatic rings. The summed E-state index contributed by atoms with van der Waals surface area (Å²) >= 11 is 3.35. The van der Waals surface area contributed by atoms with Crippen molar-refractivity contribution >= 4 is 27.8 Å². The van der Waals surface area contributed by atoms with Gasteiger partial charge in [0, 0.05) is 10.0 Å². The lowest BCUT2D eigenvalue weighted by atomic mass is 10.0. The number of carbonyl (C=O) groups excluding carboxylic acids is 2. The fourth-order valence-electron chi connectivity index (χ4n) is 2.24. The fraction of sp³-hybridized carbons (Fsp3) is 0.333. The molecule has 5 nitrogen and oxygen atoms in total. The number of rotatable bonds is 7. The summed E-state index contributed by atoms with van der Waals surface area (Å²) in [5, 5.41) is 2.63. The van der Waals surface area contributed by atoms with Crippen LogP contribution in [0, 0.1) is 0 Å². The van der Waals surface area contributed by atoms with Crippen molar-refractivity contribution in [3.63, 3.8) is 0 Å². The quantitative estimate of drug-likeness (QED) is 0.640. The van der Waals surface area contributed by atoms with Crippen LogP contribution in [0.2, 0.25) is 0 Å². The Morgan fingerprint density at radius 1 is 1.04 bits per heavy atom. The third-order valence-electron chi connectivity index (χ3n) is 3.63. The molecule has 1 amide bonds. The Labute approximate surface area is 168 Å². The lowest BCUT2D eigenvalue weighted by molar-refractivity contribution is -0.0120. The summed E-state index contributed by atoms with van der Waals surface area (Å²) in [4.78, 5) is 25.0. The van der Waals surface area contributed by atoms with Gasteiger partial charge < -0.3 is 14.8 Å². The van der Waals surface area contributed by atoms with E-state index >= 15 is 0 Å². The molecular weight excluding hydrogens is 410 g/mol. The van der Waals surface area contributed by atoms with Gasteiger partial charge in [-0.15, -0.1) is 0 Å². The number of hydrogen-bond donors (Lipinski definition) is 1. The number of hydrogen-bond acceptors (Lipinski definition) is 4. The Kier molecular flexibility index (Phi) is 7.56. The molecule has 0 bridgehead atoms. The van der Waals surface area contributed by atoms with Crippen LogP contribution in [-0.4, -0.2) is 30.1 Å². The van der Waals surface area contributed by atoms with Gasteiger partial charge in [-0.25, -0.2) is 4.79 Å². The Morgan fingerprint density at radius 3 is 2.26 bits per heavy atom. The van der Waals surface area contributed by atoms with Gasteiger partial charge in [0.25, 0.3) is 0 Å². The SMILES string of the molecule is CC(C)(C)OC[C@H](NC(=O)OCc1ccccc1)C(=O)c1ccc(Br)cc1. The first-order valence-electron chi connectivity index (χ1n) is 8.65. The highest BCUT2D eigenvalue weighted by molar-refractivity contribution is 9.10. The van der Waals surface area contributed by atoms with Crippen molar-refractivity contribution < 1.29 is 19.1 Å². The number of nitrogens with one attached hydrogen (secondary N) is 1. The van der Waals surface area contributed by atoms with E-state index < -0.39 is 17.7 Å². The van der Waals surface area contributed by atoms with E-state index in [1.54, 1.807) is 24.3 Å². The molecule has 0 aliphatic carbocycles. The summed E-state index contributed by atoms with van der Waals surface area (Å²) in [5.41, 5.74) is 0.923. The first-order valence-corrected chi connectivity index (χ1v) is 9.45. The highest BCUT2D eigenvalue weighted by Gasteiger charge is 2.25. The average Bonchev–Trinajstić information content (AvgIpc) is 2.63.